The second kappa shape index (κ2) is 6.64. The maximum atomic E-state index is 12.0. The van der Waals surface area contributed by atoms with E-state index in [1.165, 1.54) is 25.7 Å². The summed E-state index contributed by atoms with van der Waals surface area (Å²) in [4.78, 5) is 0. The van der Waals surface area contributed by atoms with Crippen LogP contribution in [0.3, 0.4) is 0 Å². The first kappa shape index (κ1) is 13.2. The van der Waals surface area contributed by atoms with Crippen LogP contribution in [0, 0.1) is 5.92 Å². The lowest BCUT2D eigenvalue weighted by atomic mass is 9.91. The molecule has 1 fully saturated rings. The quantitative estimate of drug-likeness (QED) is 0.787. The van der Waals surface area contributed by atoms with Crippen LogP contribution < -0.4 is 5.32 Å². The Morgan fingerprint density at radius 3 is 2.80 bits per heavy atom. The Hall–Kier alpha value is 0.110. The summed E-state index contributed by atoms with van der Waals surface area (Å²) in [6.45, 7) is 4.44. The monoisotopic (exact) mass is 231 g/mol. The van der Waals surface area contributed by atoms with E-state index in [9.17, 15) is 4.21 Å². The van der Waals surface area contributed by atoms with Gasteiger partial charge in [-0.15, -0.1) is 0 Å². The summed E-state index contributed by atoms with van der Waals surface area (Å²) < 4.78 is 12.0. The average Bonchev–Trinajstić information content (AvgIpc) is 2.25. The molecule has 0 aromatic heterocycles. The molecule has 1 N–H and O–H groups in total. The molecule has 0 aromatic carbocycles. The van der Waals surface area contributed by atoms with Gasteiger partial charge in [-0.2, -0.15) is 0 Å². The summed E-state index contributed by atoms with van der Waals surface area (Å²) in [6, 6.07) is 0.495. The summed E-state index contributed by atoms with van der Waals surface area (Å²) in [5.74, 6) is 1.66. The third kappa shape index (κ3) is 4.64. The fourth-order valence-corrected chi connectivity index (χ4v) is 4.11. The van der Waals surface area contributed by atoms with Crippen molar-refractivity contribution in [3.05, 3.63) is 0 Å². The third-order valence-electron chi connectivity index (χ3n) is 3.50. The highest BCUT2D eigenvalue weighted by molar-refractivity contribution is 7.85. The van der Waals surface area contributed by atoms with Crippen LogP contribution in [0.1, 0.15) is 46.0 Å². The van der Waals surface area contributed by atoms with Gasteiger partial charge in [0.2, 0.25) is 0 Å². The molecule has 3 heteroatoms. The van der Waals surface area contributed by atoms with E-state index in [0.717, 1.165) is 18.1 Å². The Morgan fingerprint density at radius 1 is 1.47 bits per heavy atom. The highest BCUT2D eigenvalue weighted by atomic mass is 32.2. The molecule has 2 nitrogen and oxygen atoms in total. The standard InChI is InChI=1S/C12H25NOS/c1-10-5-4-6-12(9-10)15(14)8-7-11(2)13-3/h10-13H,4-9H2,1-3H3. The van der Waals surface area contributed by atoms with Crippen molar-refractivity contribution in [2.24, 2.45) is 5.92 Å². The molecule has 15 heavy (non-hydrogen) atoms. The highest BCUT2D eigenvalue weighted by Gasteiger charge is 2.23. The normalized spacial score (nSPS) is 31.1. The predicted octanol–water partition coefficient (Wildman–Crippen LogP) is 2.31. The molecule has 0 spiro atoms. The second-order valence-electron chi connectivity index (χ2n) is 4.96. The first-order valence-corrected chi connectivity index (χ1v) is 7.56. The van der Waals surface area contributed by atoms with Crippen molar-refractivity contribution < 1.29 is 4.21 Å². The lowest BCUT2D eigenvalue weighted by molar-refractivity contribution is 0.389. The first-order valence-electron chi connectivity index (χ1n) is 6.18. The minimum atomic E-state index is -0.589. The van der Waals surface area contributed by atoms with E-state index in [2.05, 4.69) is 19.2 Å². The summed E-state index contributed by atoms with van der Waals surface area (Å²) >= 11 is 0. The number of hydrogen-bond donors (Lipinski definition) is 1. The summed E-state index contributed by atoms with van der Waals surface area (Å²) in [6.07, 6.45) is 6.01. The summed E-state index contributed by atoms with van der Waals surface area (Å²) in [7, 11) is 1.38. The number of hydrogen-bond acceptors (Lipinski definition) is 2. The molecule has 0 aliphatic heterocycles. The van der Waals surface area contributed by atoms with Gasteiger partial charge in [-0.1, -0.05) is 19.8 Å². The van der Waals surface area contributed by atoms with E-state index in [0.29, 0.717) is 11.3 Å². The minimum absolute atomic E-state index is 0.484. The Balaban J connectivity index is 2.26. The lowest BCUT2D eigenvalue weighted by Gasteiger charge is -2.26. The molecule has 4 unspecified atom stereocenters. The van der Waals surface area contributed by atoms with Gasteiger partial charge < -0.3 is 5.32 Å². The van der Waals surface area contributed by atoms with Crippen molar-refractivity contribution in [3.63, 3.8) is 0 Å². The van der Waals surface area contributed by atoms with Crippen LogP contribution in [0.4, 0.5) is 0 Å². The molecule has 1 rings (SSSR count). The number of nitrogens with one attached hydrogen (secondary N) is 1. The Morgan fingerprint density at radius 2 is 2.20 bits per heavy atom. The summed E-state index contributed by atoms with van der Waals surface area (Å²) in [5, 5.41) is 3.68. The Bertz CT molecular complexity index is 208. The van der Waals surface area contributed by atoms with Gasteiger partial charge in [0.15, 0.2) is 0 Å². The van der Waals surface area contributed by atoms with Gasteiger partial charge in [-0.25, -0.2) is 0 Å². The maximum absolute atomic E-state index is 12.0. The van der Waals surface area contributed by atoms with Crippen LogP contribution in [0.5, 0.6) is 0 Å². The van der Waals surface area contributed by atoms with Gasteiger partial charge >= 0.3 is 0 Å². The molecule has 0 saturated heterocycles. The summed E-state index contributed by atoms with van der Waals surface area (Å²) in [5.41, 5.74) is 0. The zero-order valence-electron chi connectivity index (χ0n) is 10.3. The molecular formula is C12H25NOS. The molecule has 0 heterocycles. The van der Waals surface area contributed by atoms with Crippen molar-refractivity contribution >= 4 is 10.8 Å². The Kier molecular flexibility index (Phi) is 5.83. The Labute approximate surface area is 96.7 Å². The van der Waals surface area contributed by atoms with E-state index in [-0.39, 0.29) is 0 Å². The molecule has 0 aromatic rings. The average molecular weight is 231 g/mol. The predicted molar refractivity (Wildman–Crippen MR) is 67.6 cm³/mol. The molecule has 4 atom stereocenters. The van der Waals surface area contributed by atoms with Crippen molar-refractivity contribution in [3.8, 4) is 0 Å². The van der Waals surface area contributed by atoms with Crippen LogP contribution in [-0.2, 0) is 10.8 Å². The lowest BCUT2D eigenvalue weighted by Crippen LogP contribution is -2.28. The van der Waals surface area contributed by atoms with Crippen molar-refractivity contribution in [2.75, 3.05) is 12.8 Å². The first-order chi connectivity index (χ1) is 7.13. The van der Waals surface area contributed by atoms with Crippen molar-refractivity contribution in [1.82, 2.24) is 5.32 Å². The van der Waals surface area contributed by atoms with E-state index < -0.39 is 10.8 Å². The fraction of sp³-hybridized carbons (Fsp3) is 1.00. The van der Waals surface area contributed by atoms with E-state index in [1.807, 2.05) is 7.05 Å². The van der Waals surface area contributed by atoms with E-state index in [4.69, 9.17) is 0 Å². The SMILES string of the molecule is CNC(C)CCS(=O)C1CCCC(C)C1. The molecule has 1 aliphatic rings. The second-order valence-corrected chi connectivity index (χ2v) is 6.79. The maximum Gasteiger partial charge on any atom is 0.0350 e. The van der Waals surface area contributed by atoms with Crippen LogP contribution in [0.25, 0.3) is 0 Å². The van der Waals surface area contributed by atoms with Crippen LogP contribution in [0.15, 0.2) is 0 Å². The molecule has 90 valence electrons. The molecule has 0 amide bonds. The van der Waals surface area contributed by atoms with Gasteiger partial charge in [-0.05, 0) is 39.2 Å². The van der Waals surface area contributed by atoms with Crippen LogP contribution in [-0.4, -0.2) is 28.3 Å². The number of rotatable bonds is 5. The van der Waals surface area contributed by atoms with Gasteiger partial charge in [0.25, 0.3) is 0 Å². The molecule has 0 bridgehead atoms. The van der Waals surface area contributed by atoms with Crippen LogP contribution in [0.2, 0.25) is 0 Å². The largest absolute Gasteiger partial charge is 0.317 e. The highest BCUT2D eigenvalue weighted by Crippen LogP contribution is 2.27. The van der Waals surface area contributed by atoms with Crippen LogP contribution >= 0.6 is 0 Å². The van der Waals surface area contributed by atoms with Gasteiger partial charge in [0.05, 0.1) is 0 Å². The molecule has 1 aliphatic carbocycles. The molecular weight excluding hydrogens is 206 g/mol. The molecule has 1 saturated carbocycles. The van der Waals surface area contributed by atoms with Crippen molar-refractivity contribution in [1.29, 1.82) is 0 Å². The van der Waals surface area contributed by atoms with Gasteiger partial charge in [-0.3, -0.25) is 4.21 Å². The zero-order valence-corrected chi connectivity index (χ0v) is 11.1. The molecule has 0 radical (unpaired) electrons. The van der Waals surface area contributed by atoms with E-state index in [1.54, 1.807) is 0 Å². The van der Waals surface area contributed by atoms with Gasteiger partial charge in [0.1, 0.15) is 0 Å². The third-order valence-corrected chi connectivity index (χ3v) is 5.31. The minimum Gasteiger partial charge on any atom is -0.317 e. The topological polar surface area (TPSA) is 29.1 Å². The van der Waals surface area contributed by atoms with Gasteiger partial charge in [0, 0.05) is 27.8 Å². The smallest absolute Gasteiger partial charge is 0.0350 e. The van der Waals surface area contributed by atoms with E-state index >= 15 is 0 Å². The van der Waals surface area contributed by atoms with Crippen molar-refractivity contribution in [2.45, 2.75) is 57.2 Å². The zero-order chi connectivity index (χ0) is 11.3. The fourth-order valence-electron chi connectivity index (χ4n) is 2.22.